The van der Waals surface area contributed by atoms with Gasteiger partial charge in [-0.15, -0.1) is 6.58 Å². The van der Waals surface area contributed by atoms with E-state index in [1.807, 2.05) is 6.92 Å². The van der Waals surface area contributed by atoms with E-state index in [9.17, 15) is 9.59 Å². The lowest BCUT2D eigenvalue weighted by Gasteiger charge is -2.66. The van der Waals surface area contributed by atoms with E-state index in [2.05, 4.69) is 34.3 Å². The third-order valence-corrected chi connectivity index (χ3v) is 8.50. The summed E-state index contributed by atoms with van der Waals surface area (Å²) >= 11 is 0. The SMILES string of the molecule is C=C[C@]1(C)O[C@@]2(C)CC[C@@H]3C(C)(C)[C@H](OC(C)=O)CC[C@@]3(C)[C@@H]2C[C@@H]1OC(C)=O. The lowest BCUT2D eigenvalue weighted by molar-refractivity contribution is -0.291. The summed E-state index contributed by atoms with van der Waals surface area (Å²) in [5, 5.41) is 0. The van der Waals surface area contributed by atoms with Crippen molar-refractivity contribution in [1.29, 1.82) is 0 Å². The first-order valence-electron chi connectivity index (χ1n) is 11.0. The minimum absolute atomic E-state index is 0.0219. The number of ether oxygens (including phenoxy) is 3. The van der Waals surface area contributed by atoms with Gasteiger partial charge in [-0.2, -0.15) is 0 Å². The maximum atomic E-state index is 11.8. The third kappa shape index (κ3) is 3.54. The number of carbonyl (C=O) groups is 2. The van der Waals surface area contributed by atoms with Crippen LogP contribution in [0.2, 0.25) is 0 Å². The van der Waals surface area contributed by atoms with E-state index >= 15 is 0 Å². The molecule has 0 bridgehead atoms. The molecule has 3 fully saturated rings. The van der Waals surface area contributed by atoms with Gasteiger partial charge in [-0.05, 0) is 63.2 Å². The summed E-state index contributed by atoms with van der Waals surface area (Å²) in [5.74, 6) is 0.168. The minimum Gasteiger partial charge on any atom is -0.462 e. The van der Waals surface area contributed by atoms with Gasteiger partial charge in [0.05, 0.1) is 5.60 Å². The zero-order valence-electron chi connectivity index (χ0n) is 19.2. The molecule has 2 saturated carbocycles. The first-order chi connectivity index (χ1) is 13.3. The normalized spacial score (nSPS) is 46.0. The van der Waals surface area contributed by atoms with Crippen molar-refractivity contribution in [3.63, 3.8) is 0 Å². The lowest BCUT2D eigenvalue weighted by atomic mass is 9.43. The lowest BCUT2D eigenvalue weighted by Crippen LogP contribution is -2.67. The van der Waals surface area contributed by atoms with Crippen LogP contribution in [0.3, 0.4) is 0 Å². The van der Waals surface area contributed by atoms with E-state index in [1.54, 1.807) is 6.08 Å². The molecule has 7 atom stereocenters. The van der Waals surface area contributed by atoms with Crippen LogP contribution in [-0.4, -0.2) is 35.3 Å². The molecular formula is C24H38O5. The number of esters is 2. The van der Waals surface area contributed by atoms with Gasteiger partial charge in [0, 0.05) is 19.3 Å². The zero-order valence-corrected chi connectivity index (χ0v) is 19.2. The second-order valence-corrected chi connectivity index (χ2v) is 10.7. The predicted molar refractivity (Wildman–Crippen MR) is 111 cm³/mol. The molecule has 0 amide bonds. The molecule has 0 spiro atoms. The van der Waals surface area contributed by atoms with Crippen LogP contribution in [0.1, 0.15) is 80.6 Å². The average molecular weight is 407 g/mol. The van der Waals surface area contributed by atoms with Gasteiger partial charge in [0.15, 0.2) is 0 Å². The van der Waals surface area contributed by atoms with Gasteiger partial charge >= 0.3 is 11.9 Å². The van der Waals surface area contributed by atoms with Gasteiger partial charge in [-0.1, -0.05) is 26.8 Å². The van der Waals surface area contributed by atoms with Crippen LogP contribution in [0.4, 0.5) is 0 Å². The van der Waals surface area contributed by atoms with Gasteiger partial charge in [0.25, 0.3) is 0 Å². The van der Waals surface area contributed by atoms with Gasteiger partial charge in [-0.3, -0.25) is 9.59 Å². The molecule has 0 aromatic heterocycles. The molecule has 0 radical (unpaired) electrons. The van der Waals surface area contributed by atoms with Crippen LogP contribution >= 0.6 is 0 Å². The van der Waals surface area contributed by atoms with Gasteiger partial charge < -0.3 is 14.2 Å². The van der Waals surface area contributed by atoms with Crippen molar-refractivity contribution in [2.75, 3.05) is 0 Å². The Hall–Kier alpha value is -1.36. The largest absolute Gasteiger partial charge is 0.462 e. The molecule has 0 aromatic rings. The Labute approximate surface area is 175 Å². The molecule has 164 valence electrons. The fraction of sp³-hybridized carbons (Fsp3) is 0.833. The summed E-state index contributed by atoms with van der Waals surface area (Å²) in [6.45, 7) is 18.0. The van der Waals surface area contributed by atoms with Crippen molar-refractivity contribution >= 4 is 11.9 Å². The smallest absolute Gasteiger partial charge is 0.303 e. The molecule has 3 rings (SSSR count). The number of fused-ring (bicyclic) bond motifs is 3. The Balaban J connectivity index is 1.96. The Morgan fingerprint density at radius 2 is 1.52 bits per heavy atom. The monoisotopic (exact) mass is 406 g/mol. The van der Waals surface area contributed by atoms with Crippen LogP contribution in [0.5, 0.6) is 0 Å². The van der Waals surface area contributed by atoms with E-state index in [0.29, 0.717) is 5.92 Å². The third-order valence-electron chi connectivity index (χ3n) is 8.50. The van der Waals surface area contributed by atoms with Crippen LogP contribution in [0.15, 0.2) is 12.7 Å². The molecule has 5 nitrogen and oxygen atoms in total. The quantitative estimate of drug-likeness (QED) is 0.496. The summed E-state index contributed by atoms with van der Waals surface area (Å²) in [5.41, 5.74) is -1.08. The molecule has 1 aliphatic heterocycles. The summed E-state index contributed by atoms with van der Waals surface area (Å²) in [6, 6.07) is 0. The second kappa shape index (κ2) is 7.11. The minimum atomic E-state index is -0.690. The van der Waals surface area contributed by atoms with E-state index < -0.39 is 5.60 Å². The molecule has 0 aromatic carbocycles. The molecule has 3 aliphatic rings. The fourth-order valence-electron chi connectivity index (χ4n) is 7.09. The van der Waals surface area contributed by atoms with Crippen LogP contribution < -0.4 is 0 Å². The van der Waals surface area contributed by atoms with E-state index in [0.717, 1.165) is 32.1 Å². The molecule has 1 saturated heterocycles. The summed E-state index contributed by atoms with van der Waals surface area (Å²) in [4.78, 5) is 23.5. The molecule has 1 heterocycles. The molecule has 5 heteroatoms. The Kier molecular flexibility index (Phi) is 5.47. The topological polar surface area (TPSA) is 61.8 Å². The maximum absolute atomic E-state index is 11.8. The highest BCUT2D eigenvalue weighted by atomic mass is 16.6. The van der Waals surface area contributed by atoms with E-state index in [4.69, 9.17) is 14.2 Å². The van der Waals surface area contributed by atoms with Crippen LogP contribution in [0, 0.1) is 22.7 Å². The number of hydrogen-bond acceptors (Lipinski definition) is 5. The van der Waals surface area contributed by atoms with Crippen LogP contribution in [0.25, 0.3) is 0 Å². The summed E-state index contributed by atoms with van der Waals surface area (Å²) < 4.78 is 18.2. The number of carbonyl (C=O) groups excluding carboxylic acids is 2. The van der Waals surface area contributed by atoms with E-state index in [-0.39, 0.29) is 46.5 Å². The molecule has 0 unspecified atom stereocenters. The molecule has 2 aliphatic carbocycles. The van der Waals surface area contributed by atoms with Crippen molar-refractivity contribution < 1.29 is 23.8 Å². The number of hydrogen-bond donors (Lipinski definition) is 0. The van der Waals surface area contributed by atoms with Crippen molar-refractivity contribution in [2.45, 2.75) is 104 Å². The van der Waals surface area contributed by atoms with Crippen molar-refractivity contribution in [3.05, 3.63) is 12.7 Å². The first kappa shape index (κ1) is 22.3. The van der Waals surface area contributed by atoms with Gasteiger partial charge in [-0.25, -0.2) is 0 Å². The standard InChI is InChI=1S/C24H38O5/c1-9-23(7)20(28-16(3)26)14-18-22(6)12-11-19(27-15(2)25)21(4,5)17(22)10-13-24(18,8)29-23/h9,17-20H,1,10-14H2,2-8H3/t17-,18+,19-,20+,22-,23+,24+/m1/s1. The number of rotatable bonds is 3. The van der Waals surface area contributed by atoms with Crippen molar-refractivity contribution in [3.8, 4) is 0 Å². The van der Waals surface area contributed by atoms with Crippen LogP contribution in [-0.2, 0) is 23.8 Å². The predicted octanol–water partition coefficient (Wildman–Crippen LogP) is 4.83. The summed E-state index contributed by atoms with van der Waals surface area (Å²) in [7, 11) is 0. The highest BCUT2D eigenvalue weighted by molar-refractivity contribution is 5.66. The van der Waals surface area contributed by atoms with Crippen molar-refractivity contribution in [1.82, 2.24) is 0 Å². The van der Waals surface area contributed by atoms with Gasteiger partial charge in [0.2, 0.25) is 0 Å². The van der Waals surface area contributed by atoms with Crippen molar-refractivity contribution in [2.24, 2.45) is 22.7 Å². The second-order valence-electron chi connectivity index (χ2n) is 10.7. The Morgan fingerprint density at radius 1 is 0.931 bits per heavy atom. The maximum Gasteiger partial charge on any atom is 0.303 e. The molecule has 0 N–H and O–H groups in total. The average Bonchev–Trinajstić information content (AvgIpc) is 2.58. The van der Waals surface area contributed by atoms with Gasteiger partial charge in [0.1, 0.15) is 17.8 Å². The zero-order chi connectivity index (χ0) is 21.8. The fourth-order valence-corrected chi connectivity index (χ4v) is 7.09. The summed E-state index contributed by atoms with van der Waals surface area (Å²) in [6.07, 6.45) is 5.93. The Morgan fingerprint density at radius 3 is 2.07 bits per heavy atom. The highest BCUT2D eigenvalue weighted by Crippen LogP contribution is 2.66. The Bertz CT molecular complexity index is 699. The molecular weight excluding hydrogens is 368 g/mol. The van der Waals surface area contributed by atoms with E-state index in [1.165, 1.54) is 13.8 Å². The first-order valence-corrected chi connectivity index (χ1v) is 11.0. The highest BCUT2D eigenvalue weighted by Gasteiger charge is 2.65. The molecule has 29 heavy (non-hydrogen) atoms.